The number of hydrogen-bond acceptors (Lipinski definition) is 3. The molecule has 0 radical (unpaired) electrons. The summed E-state index contributed by atoms with van der Waals surface area (Å²) in [6, 6.07) is 7.48. The van der Waals surface area contributed by atoms with E-state index in [1.165, 1.54) is 0 Å². The molecule has 1 saturated heterocycles. The number of aryl methyl sites for hydroxylation is 1. The average Bonchev–Trinajstić information content (AvgIpc) is 2.46. The number of nitriles is 1. The zero-order chi connectivity index (χ0) is 14.7. The number of hydrogen-bond donors (Lipinski definition) is 0. The molecule has 0 N–H and O–H groups in total. The van der Waals surface area contributed by atoms with Crippen molar-refractivity contribution in [2.75, 3.05) is 26.2 Å². The Morgan fingerprint density at radius 2 is 2.00 bits per heavy atom. The van der Waals surface area contributed by atoms with Crippen molar-refractivity contribution in [3.8, 4) is 6.07 Å². The number of piperazine rings is 1. The highest BCUT2D eigenvalue weighted by molar-refractivity contribution is 6.30. The number of carbonyl (C=O) groups is 1. The van der Waals surface area contributed by atoms with E-state index in [0.717, 1.165) is 18.7 Å². The van der Waals surface area contributed by atoms with E-state index in [1.807, 2.05) is 24.8 Å². The van der Waals surface area contributed by atoms with Crippen LogP contribution in [-0.2, 0) is 0 Å². The molecule has 1 aromatic rings. The number of rotatable bonds is 2. The highest BCUT2D eigenvalue weighted by atomic mass is 35.5. The molecule has 4 nitrogen and oxygen atoms in total. The molecule has 0 aromatic heterocycles. The molecule has 1 heterocycles. The van der Waals surface area contributed by atoms with Crippen LogP contribution in [0.15, 0.2) is 18.2 Å². The number of benzene rings is 1. The molecule has 0 saturated carbocycles. The molecule has 1 unspecified atom stereocenters. The molecule has 0 spiro atoms. The number of carbonyl (C=O) groups excluding carboxylic acids is 1. The van der Waals surface area contributed by atoms with Crippen LogP contribution in [0, 0.1) is 18.3 Å². The van der Waals surface area contributed by atoms with E-state index in [2.05, 4.69) is 11.0 Å². The van der Waals surface area contributed by atoms with Gasteiger partial charge in [-0.25, -0.2) is 0 Å². The lowest BCUT2D eigenvalue weighted by atomic mass is 10.1. The monoisotopic (exact) mass is 291 g/mol. The predicted octanol–water partition coefficient (Wildman–Crippen LogP) is 2.32. The largest absolute Gasteiger partial charge is 0.336 e. The summed E-state index contributed by atoms with van der Waals surface area (Å²) in [7, 11) is 0. The van der Waals surface area contributed by atoms with Crippen LogP contribution in [-0.4, -0.2) is 47.9 Å². The first-order valence-electron chi connectivity index (χ1n) is 6.72. The van der Waals surface area contributed by atoms with Gasteiger partial charge < -0.3 is 4.90 Å². The highest BCUT2D eigenvalue weighted by Gasteiger charge is 2.25. The topological polar surface area (TPSA) is 47.3 Å². The smallest absolute Gasteiger partial charge is 0.254 e. The van der Waals surface area contributed by atoms with Gasteiger partial charge in [0, 0.05) is 36.8 Å². The van der Waals surface area contributed by atoms with E-state index in [9.17, 15) is 4.79 Å². The summed E-state index contributed by atoms with van der Waals surface area (Å²) in [6.45, 7) is 6.59. The fourth-order valence-corrected chi connectivity index (χ4v) is 2.66. The Labute approximate surface area is 124 Å². The van der Waals surface area contributed by atoms with Gasteiger partial charge in [0.15, 0.2) is 0 Å². The third-order valence-corrected chi connectivity index (χ3v) is 3.99. The Morgan fingerprint density at radius 1 is 1.35 bits per heavy atom. The molecule has 1 aliphatic rings. The highest BCUT2D eigenvalue weighted by Crippen LogP contribution is 2.18. The Balaban J connectivity index is 2.04. The van der Waals surface area contributed by atoms with Gasteiger partial charge in [-0.05, 0) is 37.6 Å². The zero-order valence-electron chi connectivity index (χ0n) is 11.8. The van der Waals surface area contributed by atoms with Gasteiger partial charge in [0.2, 0.25) is 0 Å². The fraction of sp³-hybridized carbons (Fsp3) is 0.467. The van der Waals surface area contributed by atoms with Crippen molar-refractivity contribution in [1.29, 1.82) is 5.26 Å². The van der Waals surface area contributed by atoms with Crippen molar-refractivity contribution in [3.05, 3.63) is 34.3 Å². The molecule has 20 heavy (non-hydrogen) atoms. The minimum absolute atomic E-state index is 0.0448. The van der Waals surface area contributed by atoms with Crippen LogP contribution in [0.1, 0.15) is 22.8 Å². The first-order valence-corrected chi connectivity index (χ1v) is 7.10. The number of nitrogens with zero attached hydrogens (tertiary/aromatic N) is 3. The maximum Gasteiger partial charge on any atom is 0.254 e. The Kier molecular flexibility index (Phi) is 4.64. The van der Waals surface area contributed by atoms with Crippen molar-refractivity contribution in [2.45, 2.75) is 19.9 Å². The summed E-state index contributed by atoms with van der Waals surface area (Å²) >= 11 is 5.92. The molecule has 1 aliphatic heterocycles. The standard InChI is InChI=1S/C15H18ClN3O/c1-11-9-13(16)3-4-14(11)15(20)19-7-5-18(6-8-19)12(2)10-17/h3-4,9,12H,5-8H2,1-2H3. The Morgan fingerprint density at radius 3 is 2.55 bits per heavy atom. The summed E-state index contributed by atoms with van der Waals surface area (Å²) in [5.41, 5.74) is 1.60. The van der Waals surface area contributed by atoms with Gasteiger partial charge in [-0.2, -0.15) is 5.26 Å². The lowest BCUT2D eigenvalue weighted by Gasteiger charge is -2.36. The molecule has 0 aliphatic carbocycles. The molecule has 1 amide bonds. The zero-order valence-corrected chi connectivity index (χ0v) is 12.5. The van der Waals surface area contributed by atoms with E-state index in [1.54, 1.807) is 12.1 Å². The van der Waals surface area contributed by atoms with Crippen LogP contribution in [0.25, 0.3) is 0 Å². The normalized spacial score (nSPS) is 17.6. The van der Waals surface area contributed by atoms with Gasteiger partial charge in [0.1, 0.15) is 0 Å². The average molecular weight is 292 g/mol. The number of halogens is 1. The molecule has 106 valence electrons. The van der Waals surface area contributed by atoms with Crippen molar-refractivity contribution < 1.29 is 4.79 Å². The summed E-state index contributed by atoms with van der Waals surface area (Å²) in [5.74, 6) is 0.0448. The minimum Gasteiger partial charge on any atom is -0.336 e. The van der Waals surface area contributed by atoms with E-state index < -0.39 is 0 Å². The Hall–Kier alpha value is -1.57. The lowest BCUT2D eigenvalue weighted by molar-refractivity contribution is 0.0615. The summed E-state index contributed by atoms with van der Waals surface area (Å²) in [4.78, 5) is 16.4. The second-order valence-electron chi connectivity index (χ2n) is 5.09. The van der Waals surface area contributed by atoms with Gasteiger partial charge in [-0.3, -0.25) is 9.69 Å². The van der Waals surface area contributed by atoms with Crippen LogP contribution < -0.4 is 0 Å². The maximum atomic E-state index is 12.5. The van der Waals surface area contributed by atoms with Gasteiger partial charge in [0.25, 0.3) is 5.91 Å². The van der Waals surface area contributed by atoms with E-state index in [0.29, 0.717) is 23.7 Å². The van der Waals surface area contributed by atoms with Crippen molar-refractivity contribution in [3.63, 3.8) is 0 Å². The van der Waals surface area contributed by atoms with Crippen molar-refractivity contribution in [1.82, 2.24) is 9.80 Å². The Bertz CT molecular complexity index is 545. The summed E-state index contributed by atoms with van der Waals surface area (Å²) in [5, 5.41) is 9.56. The third kappa shape index (κ3) is 3.12. The predicted molar refractivity (Wildman–Crippen MR) is 78.7 cm³/mol. The molecule has 5 heteroatoms. The van der Waals surface area contributed by atoms with E-state index in [4.69, 9.17) is 16.9 Å². The SMILES string of the molecule is Cc1cc(Cl)ccc1C(=O)N1CCN(C(C)C#N)CC1. The van der Waals surface area contributed by atoms with Crippen molar-refractivity contribution >= 4 is 17.5 Å². The van der Waals surface area contributed by atoms with Gasteiger partial charge in [0.05, 0.1) is 12.1 Å². The second-order valence-corrected chi connectivity index (χ2v) is 5.53. The lowest BCUT2D eigenvalue weighted by Crippen LogP contribution is -2.51. The minimum atomic E-state index is -0.0930. The number of amides is 1. The summed E-state index contributed by atoms with van der Waals surface area (Å²) < 4.78 is 0. The molecule has 1 fully saturated rings. The van der Waals surface area contributed by atoms with Crippen LogP contribution >= 0.6 is 11.6 Å². The maximum absolute atomic E-state index is 12.5. The van der Waals surface area contributed by atoms with Crippen LogP contribution in [0.2, 0.25) is 5.02 Å². The molecular formula is C15H18ClN3O. The quantitative estimate of drug-likeness (QED) is 0.840. The molecule has 0 bridgehead atoms. The molecular weight excluding hydrogens is 274 g/mol. The van der Waals surface area contributed by atoms with Gasteiger partial charge in [-0.1, -0.05) is 11.6 Å². The first-order chi connectivity index (χ1) is 9.52. The fourth-order valence-electron chi connectivity index (χ4n) is 2.43. The second kappa shape index (κ2) is 6.25. The van der Waals surface area contributed by atoms with Crippen molar-refractivity contribution in [2.24, 2.45) is 0 Å². The van der Waals surface area contributed by atoms with Crippen LogP contribution in [0.4, 0.5) is 0 Å². The van der Waals surface area contributed by atoms with Gasteiger partial charge >= 0.3 is 0 Å². The van der Waals surface area contributed by atoms with E-state index in [-0.39, 0.29) is 11.9 Å². The third-order valence-electron chi connectivity index (χ3n) is 3.75. The van der Waals surface area contributed by atoms with Crippen LogP contribution in [0.5, 0.6) is 0 Å². The van der Waals surface area contributed by atoms with Crippen LogP contribution in [0.3, 0.4) is 0 Å². The summed E-state index contributed by atoms with van der Waals surface area (Å²) in [6.07, 6.45) is 0. The molecule has 1 atom stereocenters. The molecule has 2 rings (SSSR count). The first kappa shape index (κ1) is 14.8. The molecule has 1 aromatic carbocycles. The van der Waals surface area contributed by atoms with E-state index >= 15 is 0 Å². The van der Waals surface area contributed by atoms with Gasteiger partial charge in [-0.15, -0.1) is 0 Å².